The molecule has 1 fully saturated rings. The van der Waals surface area contributed by atoms with Gasteiger partial charge in [0.05, 0.1) is 6.67 Å². The van der Waals surface area contributed by atoms with E-state index in [1.807, 2.05) is 0 Å². The second-order valence-electron chi connectivity index (χ2n) is 5.54. The molecule has 0 spiro atoms. The summed E-state index contributed by atoms with van der Waals surface area (Å²) in [4.78, 5) is 4.18. The first-order valence-corrected chi connectivity index (χ1v) is 7.20. The van der Waals surface area contributed by atoms with E-state index in [0.717, 1.165) is 17.8 Å². The average molecular weight is 385 g/mol. The highest BCUT2D eigenvalue weighted by Gasteiger charge is 2.23. The van der Waals surface area contributed by atoms with E-state index in [1.165, 1.54) is 25.7 Å². The van der Waals surface area contributed by atoms with Crippen molar-refractivity contribution in [2.24, 2.45) is 16.8 Å². The average Bonchev–Trinajstić information content (AvgIpc) is 2.38. The molecule has 0 amide bonds. The van der Waals surface area contributed by atoms with E-state index in [2.05, 4.69) is 29.5 Å². The monoisotopic (exact) mass is 385 g/mol. The number of guanidine groups is 1. The van der Waals surface area contributed by atoms with Gasteiger partial charge in [-0.05, 0) is 43.9 Å². The molecule has 3 nitrogen and oxygen atoms in total. The molecule has 5 heteroatoms. The van der Waals surface area contributed by atoms with Crippen LogP contribution in [0.1, 0.15) is 46.0 Å². The molecule has 1 aliphatic carbocycles. The van der Waals surface area contributed by atoms with Crippen molar-refractivity contribution in [3.05, 3.63) is 0 Å². The zero-order valence-corrected chi connectivity index (χ0v) is 14.7. The van der Waals surface area contributed by atoms with Gasteiger partial charge in [-0.3, -0.25) is 9.38 Å². The lowest BCUT2D eigenvalue weighted by molar-refractivity contribution is 0.250. The predicted octanol–water partition coefficient (Wildman–Crippen LogP) is 3.34. The molecule has 0 atom stereocenters. The Bertz CT molecular complexity index is 251. The highest BCUT2D eigenvalue weighted by atomic mass is 127. The summed E-state index contributed by atoms with van der Waals surface area (Å²) >= 11 is 0. The minimum atomic E-state index is -0.274. The van der Waals surface area contributed by atoms with Crippen molar-refractivity contribution >= 4 is 29.9 Å². The molecule has 19 heavy (non-hydrogen) atoms. The molecule has 2 N–H and O–H groups in total. The second-order valence-corrected chi connectivity index (χ2v) is 5.54. The highest BCUT2D eigenvalue weighted by molar-refractivity contribution is 14.0. The summed E-state index contributed by atoms with van der Waals surface area (Å²) < 4.78 is 12.0. The number of alkyl halides is 1. The van der Waals surface area contributed by atoms with Crippen molar-refractivity contribution in [3.63, 3.8) is 0 Å². The van der Waals surface area contributed by atoms with Crippen LogP contribution in [0.2, 0.25) is 0 Å². The number of rotatable bonds is 5. The molecular formula is C14H29FIN3. The van der Waals surface area contributed by atoms with Crippen molar-refractivity contribution in [3.8, 4) is 0 Å². The predicted molar refractivity (Wildman–Crippen MR) is 91.1 cm³/mol. The minimum Gasteiger partial charge on any atom is -0.356 e. The van der Waals surface area contributed by atoms with E-state index in [-0.39, 0.29) is 30.7 Å². The van der Waals surface area contributed by atoms with E-state index in [9.17, 15) is 4.39 Å². The summed E-state index contributed by atoms with van der Waals surface area (Å²) in [6, 6.07) is 0.525. The normalized spacial score (nSPS) is 23.9. The van der Waals surface area contributed by atoms with Crippen LogP contribution >= 0.6 is 24.0 Å². The van der Waals surface area contributed by atoms with E-state index in [1.54, 1.807) is 7.05 Å². The smallest absolute Gasteiger partial charge is 0.191 e. The van der Waals surface area contributed by atoms with Gasteiger partial charge in [0.15, 0.2) is 5.96 Å². The van der Waals surface area contributed by atoms with E-state index in [4.69, 9.17) is 0 Å². The van der Waals surface area contributed by atoms with Crippen molar-refractivity contribution in [2.75, 3.05) is 20.3 Å². The maximum atomic E-state index is 12.0. The molecular weight excluding hydrogens is 356 g/mol. The van der Waals surface area contributed by atoms with Crippen LogP contribution in [-0.4, -0.2) is 32.3 Å². The zero-order valence-electron chi connectivity index (χ0n) is 12.4. The summed E-state index contributed by atoms with van der Waals surface area (Å²) in [5.74, 6) is 2.49. The van der Waals surface area contributed by atoms with Gasteiger partial charge < -0.3 is 10.6 Å². The zero-order chi connectivity index (χ0) is 13.4. The second kappa shape index (κ2) is 10.7. The molecule has 1 saturated carbocycles. The third-order valence-electron chi connectivity index (χ3n) is 3.88. The summed E-state index contributed by atoms with van der Waals surface area (Å²) in [5, 5.41) is 6.59. The van der Waals surface area contributed by atoms with Gasteiger partial charge in [-0.2, -0.15) is 0 Å². The molecule has 0 saturated heterocycles. The molecule has 1 rings (SSSR count). The van der Waals surface area contributed by atoms with Gasteiger partial charge in [0, 0.05) is 19.6 Å². The molecule has 0 unspecified atom stereocenters. The van der Waals surface area contributed by atoms with E-state index >= 15 is 0 Å². The first-order valence-electron chi connectivity index (χ1n) is 7.20. The van der Waals surface area contributed by atoms with Crippen LogP contribution in [-0.2, 0) is 0 Å². The number of hydrogen-bond acceptors (Lipinski definition) is 1. The Labute approximate surface area is 134 Å². The Balaban J connectivity index is 0.00000324. The van der Waals surface area contributed by atoms with Gasteiger partial charge in [0.1, 0.15) is 0 Å². The van der Waals surface area contributed by atoms with Gasteiger partial charge in [0.25, 0.3) is 0 Å². The Kier molecular flexibility index (Phi) is 10.6. The number of aliphatic imine (C=N–C) groups is 1. The number of halogens is 2. The van der Waals surface area contributed by atoms with Gasteiger partial charge in [-0.1, -0.05) is 13.8 Å². The molecule has 0 bridgehead atoms. The minimum absolute atomic E-state index is 0. The standard InChI is InChI=1S/C14H28FN3.HI/c1-11(2)12-5-7-13(8-6-12)18-14(16-3)17-10-4-9-15;/h11-13H,4-10H2,1-3H3,(H2,16,17,18);1H. The molecule has 0 aliphatic heterocycles. The lowest BCUT2D eigenvalue weighted by Gasteiger charge is -2.32. The number of nitrogens with one attached hydrogen (secondary N) is 2. The van der Waals surface area contributed by atoms with Crippen LogP contribution in [0.25, 0.3) is 0 Å². The lowest BCUT2D eigenvalue weighted by atomic mass is 9.80. The SMILES string of the molecule is CN=C(NCCCF)NC1CCC(C(C)C)CC1.I. The summed E-state index contributed by atoms with van der Waals surface area (Å²) in [6.07, 6.45) is 5.58. The van der Waals surface area contributed by atoms with Crippen molar-refractivity contribution in [2.45, 2.75) is 52.0 Å². The van der Waals surface area contributed by atoms with Gasteiger partial charge in [0.2, 0.25) is 0 Å². The van der Waals surface area contributed by atoms with Crippen molar-refractivity contribution < 1.29 is 4.39 Å². The van der Waals surface area contributed by atoms with Crippen molar-refractivity contribution in [1.29, 1.82) is 0 Å². The first-order chi connectivity index (χ1) is 8.67. The van der Waals surface area contributed by atoms with Crippen LogP contribution in [0.15, 0.2) is 4.99 Å². The summed E-state index contributed by atoms with van der Waals surface area (Å²) in [7, 11) is 1.77. The summed E-state index contributed by atoms with van der Waals surface area (Å²) in [5.41, 5.74) is 0. The molecule has 0 aromatic carbocycles. The van der Waals surface area contributed by atoms with Crippen LogP contribution in [0.4, 0.5) is 4.39 Å². The quantitative estimate of drug-likeness (QED) is 0.330. The molecule has 0 aromatic rings. The van der Waals surface area contributed by atoms with Gasteiger partial charge >= 0.3 is 0 Å². The first kappa shape index (κ1) is 18.9. The molecule has 114 valence electrons. The highest BCUT2D eigenvalue weighted by Crippen LogP contribution is 2.29. The third kappa shape index (κ3) is 7.32. The lowest BCUT2D eigenvalue weighted by Crippen LogP contribution is -2.45. The third-order valence-corrected chi connectivity index (χ3v) is 3.88. The molecule has 0 heterocycles. The maximum absolute atomic E-state index is 12.0. The Morgan fingerprint density at radius 2 is 1.89 bits per heavy atom. The van der Waals surface area contributed by atoms with Crippen molar-refractivity contribution in [1.82, 2.24) is 10.6 Å². The molecule has 0 aromatic heterocycles. The fourth-order valence-corrected chi connectivity index (χ4v) is 2.59. The topological polar surface area (TPSA) is 36.4 Å². The van der Waals surface area contributed by atoms with Gasteiger partial charge in [-0.25, -0.2) is 0 Å². The van der Waals surface area contributed by atoms with Crippen LogP contribution in [0.5, 0.6) is 0 Å². The van der Waals surface area contributed by atoms with E-state index < -0.39 is 0 Å². The fraction of sp³-hybridized carbons (Fsp3) is 0.929. The van der Waals surface area contributed by atoms with E-state index in [0.29, 0.717) is 19.0 Å². The molecule has 0 radical (unpaired) electrons. The number of hydrogen-bond donors (Lipinski definition) is 2. The Morgan fingerprint density at radius 3 is 2.37 bits per heavy atom. The Hall–Kier alpha value is -0.0700. The fourth-order valence-electron chi connectivity index (χ4n) is 2.59. The van der Waals surface area contributed by atoms with Gasteiger partial charge in [-0.15, -0.1) is 24.0 Å². The maximum Gasteiger partial charge on any atom is 0.191 e. The summed E-state index contributed by atoms with van der Waals surface area (Å²) in [6.45, 7) is 5.01. The van der Waals surface area contributed by atoms with Crippen LogP contribution in [0.3, 0.4) is 0 Å². The number of nitrogens with zero attached hydrogens (tertiary/aromatic N) is 1. The van der Waals surface area contributed by atoms with Crippen LogP contribution in [0, 0.1) is 11.8 Å². The molecule has 1 aliphatic rings. The largest absolute Gasteiger partial charge is 0.356 e. The Morgan fingerprint density at radius 1 is 1.26 bits per heavy atom. The van der Waals surface area contributed by atoms with Crippen LogP contribution < -0.4 is 10.6 Å².